The van der Waals surface area contributed by atoms with E-state index < -0.39 is 11.8 Å². The van der Waals surface area contributed by atoms with Crippen molar-refractivity contribution in [2.75, 3.05) is 17.7 Å². The monoisotopic (exact) mass is 686 g/mol. The van der Waals surface area contributed by atoms with Crippen LogP contribution in [0, 0.1) is 19.8 Å². The van der Waals surface area contributed by atoms with Crippen LogP contribution in [0.25, 0.3) is 0 Å². The molecule has 6 rings (SSSR count). The fraction of sp³-hybridized carbons (Fsp3) is 0.386. The van der Waals surface area contributed by atoms with Crippen LogP contribution < -0.4 is 20.5 Å². The van der Waals surface area contributed by atoms with Gasteiger partial charge in [-0.05, 0) is 105 Å². The van der Waals surface area contributed by atoms with E-state index in [4.69, 9.17) is 15.2 Å². The van der Waals surface area contributed by atoms with Crippen LogP contribution in [0.3, 0.4) is 0 Å². The lowest BCUT2D eigenvalue weighted by Crippen LogP contribution is -2.26. The lowest BCUT2D eigenvalue weighted by atomic mass is 9.77. The van der Waals surface area contributed by atoms with Gasteiger partial charge in [0.2, 0.25) is 0 Å². The summed E-state index contributed by atoms with van der Waals surface area (Å²) in [6, 6.07) is 19.8. The Bertz CT molecular complexity index is 1900. The minimum absolute atomic E-state index is 0.00394. The first-order valence-electron chi connectivity index (χ1n) is 18.7. The smallest absolute Gasteiger partial charge is 0.345 e. The molecule has 4 aromatic carbocycles. The zero-order valence-corrected chi connectivity index (χ0v) is 30.4. The molecular formula is C44H50N2O5. The van der Waals surface area contributed by atoms with E-state index in [-0.39, 0.29) is 33.7 Å². The second-order valence-corrected chi connectivity index (χ2v) is 14.3. The highest BCUT2D eigenvalue weighted by atomic mass is 16.5. The van der Waals surface area contributed by atoms with Crippen LogP contribution in [-0.4, -0.2) is 24.1 Å². The number of benzene rings is 4. The zero-order valence-electron chi connectivity index (χ0n) is 30.4. The lowest BCUT2D eigenvalue weighted by Gasteiger charge is -2.29. The van der Waals surface area contributed by atoms with Crippen LogP contribution in [0.5, 0.6) is 11.5 Å². The van der Waals surface area contributed by atoms with Crippen LogP contribution >= 0.6 is 0 Å². The number of anilines is 3. The third-order valence-corrected chi connectivity index (χ3v) is 10.6. The van der Waals surface area contributed by atoms with Crippen molar-refractivity contribution in [1.29, 1.82) is 0 Å². The number of ketones is 2. The van der Waals surface area contributed by atoms with Gasteiger partial charge >= 0.3 is 5.97 Å². The maximum atomic E-state index is 14.0. The van der Waals surface area contributed by atoms with Crippen LogP contribution in [0.15, 0.2) is 66.7 Å². The molecule has 1 saturated carbocycles. The highest BCUT2D eigenvalue weighted by molar-refractivity contribution is 6.32. The summed E-state index contributed by atoms with van der Waals surface area (Å²) in [6.45, 7) is 8.94. The van der Waals surface area contributed by atoms with Gasteiger partial charge in [-0.3, -0.25) is 9.59 Å². The summed E-state index contributed by atoms with van der Waals surface area (Å²) < 4.78 is 11.9. The number of unbranched alkanes of at least 4 members (excludes halogenated alkanes) is 3. The number of hydrogen-bond acceptors (Lipinski definition) is 7. The number of nitrogens with one attached hydrogen (secondary N) is 1. The lowest BCUT2D eigenvalue weighted by molar-refractivity contribution is 0.0735. The Labute approximate surface area is 301 Å². The average molecular weight is 687 g/mol. The Hall–Kier alpha value is -4.91. The summed E-state index contributed by atoms with van der Waals surface area (Å²) >= 11 is 0. The molecule has 0 spiro atoms. The van der Waals surface area contributed by atoms with Crippen molar-refractivity contribution in [3.8, 4) is 11.5 Å². The first-order valence-corrected chi connectivity index (χ1v) is 18.7. The molecule has 7 heteroatoms. The third kappa shape index (κ3) is 7.73. The van der Waals surface area contributed by atoms with E-state index in [2.05, 4.69) is 19.2 Å². The van der Waals surface area contributed by atoms with E-state index in [1.54, 1.807) is 24.3 Å². The van der Waals surface area contributed by atoms with Crippen LogP contribution in [-0.2, 0) is 0 Å². The molecule has 266 valence electrons. The molecule has 0 aromatic heterocycles. The van der Waals surface area contributed by atoms with E-state index >= 15 is 0 Å². The number of carbonyl (C=O) groups excluding carboxylic acids is 3. The van der Waals surface area contributed by atoms with Gasteiger partial charge in [0, 0.05) is 16.8 Å². The van der Waals surface area contributed by atoms with E-state index in [0.717, 1.165) is 35.6 Å². The van der Waals surface area contributed by atoms with Gasteiger partial charge in [0.05, 0.1) is 34.7 Å². The Morgan fingerprint density at radius 2 is 1.43 bits per heavy atom. The summed E-state index contributed by atoms with van der Waals surface area (Å²) in [5, 5.41) is 3.35. The number of nitrogens with two attached hydrogens (primary N) is 1. The van der Waals surface area contributed by atoms with Crippen LogP contribution in [0.4, 0.5) is 17.1 Å². The molecule has 3 N–H and O–H groups in total. The fourth-order valence-corrected chi connectivity index (χ4v) is 7.75. The van der Waals surface area contributed by atoms with Gasteiger partial charge in [0.15, 0.2) is 11.6 Å². The molecule has 4 aromatic rings. The van der Waals surface area contributed by atoms with E-state index in [0.29, 0.717) is 35.2 Å². The number of nitrogen functional groups attached to an aromatic ring is 1. The molecule has 0 radical (unpaired) electrons. The number of fused-ring (bicyclic) bond motifs is 2. The summed E-state index contributed by atoms with van der Waals surface area (Å²) in [5.74, 6) is 1.10. The van der Waals surface area contributed by atoms with Crippen molar-refractivity contribution in [3.63, 3.8) is 0 Å². The predicted octanol–water partition coefficient (Wildman–Crippen LogP) is 10.7. The maximum Gasteiger partial charge on any atom is 0.345 e. The molecule has 51 heavy (non-hydrogen) atoms. The molecule has 0 bridgehead atoms. The van der Waals surface area contributed by atoms with Crippen LogP contribution in [0.1, 0.15) is 143 Å². The number of aryl methyl sites for hydroxylation is 2. The first-order chi connectivity index (χ1) is 24.7. The van der Waals surface area contributed by atoms with Crippen molar-refractivity contribution in [3.05, 3.63) is 111 Å². The number of hydrogen-bond donors (Lipinski definition) is 2. The van der Waals surface area contributed by atoms with Gasteiger partial charge in [-0.1, -0.05) is 82.3 Å². The minimum atomic E-state index is -0.704. The molecular weight excluding hydrogens is 636 g/mol. The Kier molecular flexibility index (Phi) is 11.2. The summed E-state index contributed by atoms with van der Waals surface area (Å²) in [4.78, 5) is 41.7. The molecule has 0 atom stereocenters. The number of rotatable bonds is 13. The topological polar surface area (TPSA) is 108 Å². The molecule has 0 heterocycles. The fourth-order valence-electron chi connectivity index (χ4n) is 7.75. The Balaban J connectivity index is 1.27. The molecule has 2 aliphatic rings. The Morgan fingerprint density at radius 3 is 2.06 bits per heavy atom. The van der Waals surface area contributed by atoms with E-state index in [1.165, 1.54) is 63.0 Å². The molecule has 0 saturated heterocycles. The van der Waals surface area contributed by atoms with Gasteiger partial charge in [0.1, 0.15) is 11.5 Å². The summed E-state index contributed by atoms with van der Waals surface area (Å²) in [7, 11) is 0. The standard InChI is InChI=1S/C44H50N2O5/c1-5-7-9-12-29-15-17-30(18-16-29)31-19-21-33(22-20-31)51-44(49)36-26-37(46-32-24-27(3)43(28(4)25-32)50-23-8-6-2)38-39(40(36)45)42(48)35-14-11-10-13-34(35)41(38)47/h10-11,13-14,19-22,24-26,29-30,46H,5-9,12,15-18,23,45H2,1-4H3. The van der Waals surface area contributed by atoms with Crippen molar-refractivity contribution in [2.45, 2.75) is 97.8 Å². The maximum absolute atomic E-state index is 14.0. The highest BCUT2D eigenvalue weighted by Gasteiger charge is 2.36. The van der Waals surface area contributed by atoms with E-state index in [9.17, 15) is 14.4 Å². The van der Waals surface area contributed by atoms with Gasteiger partial charge in [0.25, 0.3) is 0 Å². The van der Waals surface area contributed by atoms with Crippen molar-refractivity contribution < 1.29 is 23.9 Å². The van der Waals surface area contributed by atoms with Gasteiger partial charge in [-0.15, -0.1) is 0 Å². The average Bonchev–Trinajstić information content (AvgIpc) is 3.13. The van der Waals surface area contributed by atoms with Crippen LogP contribution in [0.2, 0.25) is 0 Å². The largest absolute Gasteiger partial charge is 0.493 e. The Morgan fingerprint density at radius 1 is 0.804 bits per heavy atom. The first kappa shape index (κ1) is 35.9. The summed E-state index contributed by atoms with van der Waals surface area (Å²) in [5.41, 5.74) is 11.3. The predicted molar refractivity (Wildman–Crippen MR) is 204 cm³/mol. The van der Waals surface area contributed by atoms with Gasteiger partial charge < -0.3 is 20.5 Å². The molecule has 7 nitrogen and oxygen atoms in total. The normalized spacial score (nSPS) is 16.7. The number of ether oxygens (including phenoxy) is 2. The summed E-state index contributed by atoms with van der Waals surface area (Å²) in [6.07, 6.45) is 12.1. The second kappa shape index (κ2) is 16.0. The second-order valence-electron chi connectivity index (χ2n) is 14.3. The SMILES string of the molecule is CCCCCC1CCC(c2ccc(OC(=O)c3cc(Nc4cc(C)c(OCCCC)c(C)c4)c4c(c3N)C(=O)c3ccccc3C4=O)cc2)CC1. The molecule has 0 aliphatic heterocycles. The van der Waals surface area contributed by atoms with Gasteiger partial charge in [-0.25, -0.2) is 4.79 Å². The zero-order chi connectivity index (χ0) is 36.1. The quantitative estimate of drug-likeness (QED) is 0.0549. The van der Waals surface area contributed by atoms with Crippen molar-refractivity contribution >= 4 is 34.6 Å². The van der Waals surface area contributed by atoms with E-state index in [1.807, 2.05) is 50.2 Å². The highest BCUT2D eigenvalue weighted by Crippen LogP contribution is 2.41. The van der Waals surface area contributed by atoms with Crippen molar-refractivity contribution in [2.24, 2.45) is 5.92 Å². The third-order valence-electron chi connectivity index (χ3n) is 10.6. The number of esters is 1. The minimum Gasteiger partial charge on any atom is -0.493 e. The molecule has 1 fully saturated rings. The molecule has 2 aliphatic carbocycles. The number of carbonyl (C=O) groups is 3. The van der Waals surface area contributed by atoms with Gasteiger partial charge in [-0.2, -0.15) is 0 Å². The van der Waals surface area contributed by atoms with Crippen molar-refractivity contribution in [1.82, 2.24) is 0 Å². The molecule has 0 amide bonds. The molecule has 0 unspecified atom stereocenters.